The Morgan fingerprint density at radius 1 is 0.578 bits per heavy atom. The van der Waals surface area contributed by atoms with Crippen LogP contribution in [0.4, 0.5) is 0 Å². The van der Waals surface area contributed by atoms with Crippen LogP contribution in [0.5, 0.6) is 23.0 Å². The molecule has 3 aromatic carbocycles. The van der Waals surface area contributed by atoms with Crippen molar-refractivity contribution in [3.63, 3.8) is 0 Å². The lowest BCUT2D eigenvalue weighted by Crippen LogP contribution is -2.12. The molecule has 0 saturated carbocycles. The summed E-state index contributed by atoms with van der Waals surface area (Å²) in [4.78, 5) is 72.7. The van der Waals surface area contributed by atoms with Crippen LogP contribution in [0.3, 0.4) is 0 Å². The van der Waals surface area contributed by atoms with Crippen LogP contribution in [0.2, 0.25) is 0 Å². The number of hydrogen-bond acceptors (Lipinski definition) is 11. The predicted octanol–water partition coefficient (Wildman–Crippen LogP) is 5.04. The Bertz CT molecular complexity index is 1520. The summed E-state index contributed by atoms with van der Waals surface area (Å²) in [6.45, 7) is 9.80. The first-order chi connectivity index (χ1) is 21.6. The number of ketones is 3. The average molecular weight is 613 g/mol. The van der Waals surface area contributed by atoms with Gasteiger partial charge in [0.15, 0.2) is 17.3 Å². The maximum Gasteiger partial charge on any atom is 0.343 e. The van der Waals surface area contributed by atoms with E-state index in [1.54, 1.807) is 0 Å². The van der Waals surface area contributed by atoms with E-state index < -0.39 is 35.9 Å². The zero-order valence-electron chi connectivity index (χ0n) is 24.0. The molecule has 0 atom stereocenters. The molecule has 0 radical (unpaired) electrons. The van der Waals surface area contributed by atoms with Crippen molar-refractivity contribution in [2.24, 2.45) is 0 Å². The van der Waals surface area contributed by atoms with Gasteiger partial charge in [-0.1, -0.05) is 19.7 Å². The highest BCUT2D eigenvalue weighted by atomic mass is 16.7. The van der Waals surface area contributed by atoms with Crippen molar-refractivity contribution in [3.8, 4) is 23.0 Å². The lowest BCUT2D eigenvalue weighted by atomic mass is 10.1. The summed E-state index contributed by atoms with van der Waals surface area (Å²) < 4.78 is 26.3. The fraction of sp³-hybridized carbons (Fsp3) is 0.118. The van der Waals surface area contributed by atoms with E-state index in [0.717, 1.165) is 12.2 Å². The summed E-state index contributed by atoms with van der Waals surface area (Å²) in [7, 11) is 0. The Balaban J connectivity index is 1.75. The number of carbonyl (C=O) groups excluding carboxylic acids is 6. The normalized spacial score (nSPS) is 10.0. The van der Waals surface area contributed by atoms with Gasteiger partial charge in [0.2, 0.25) is 6.79 Å². The molecule has 0 aliphatic carbocycles. The minimum absolute atomic E-state index is 0.0473. The number of hydrogen-bond donors (Lipinski definition) is 0. The van der Waals surface area contributed by atoms with E-state index in [1.165, 1.54) is 72.8 Å². The Morgan fingerprint density at radius 3 is 1.58 bits per heavy atom. The highest BCUT2D eigenvalue weighted by Gasteiger charge is 2.18. The summed E-state index contributed by atoms with van der Waals surface area (Å²) >= 11 is 0. The van der Waals surface area contributed by atoms with E-state index in [4.69, 9.17) is 23.7 Å². The van der Waals surface area contributed by atoms with E-state index in [-0.39, 0.29) is 53.8 Å². The Kier molecular flexibility index (Phi) is 12.3. The molecule has 0 N–H and O–H groups in total. The molecule has 45 heavy (non-hydrogen) atoms. The van der Waals surface area contributed by atoms with Crippen molar-refractivity contribution in [1.82, 2.24) is 0 Å². The molecule has 0 aliphatic heterocycles. The van der Waals surface area contributed by atoms with E-state index in [9.17, 15) is 28.8 Å². The van der Waals surface area contributed by atoms with Gasteiger partial charge in [-0.25, -0.2) is 14.4 Å². The second-order valence-electron chi connectivity index (χ2n) is 8.99. The van der Waals surface area contributed by atoms with Crippen molar-refractivity contribution in [3.05, 3.63) is 121 Å². The number of allylic oxidation sites excluding steroid dienone is 2. The fourth-order valence-corrected chi connectivity index (χ4v) is 3.48. The molecule has 0 amide bonds. The lowest BCUT2D eigenvalue weighted by Gasteiger charge is -2.11. The van der Waals surface area contributed by atoms with Gasteiger partial charge in [0, 0.05) is 24.1 Å². The van der Waals surface area contributed by atoms with Gasteiger partial charge < -0.3 is 23.7 Å². The molecule has 3 rings (SSSR count). The summed E-state index contributed by atoms with van der Waals surface area (Å²) in [6, 6.07) is 15.3. The van der Waals surface area contributed by atoms with Gasteiger partial charge >= 0.3 is 17.9 Å². The highest BCUT2D eigenvalue weighted by molar-refractivity contribution is 6.11. The van der Waals surface area contributed by atoms with Crippen molar-refractivity contribution >= 4 is 35.3 Å². The van der Waals surface area contributed by atoms with Gasteiger partial charge in [0.1, 0.15) is 23.0 Å². The van der Waals surface area contributed by atoms with E-state index in [1.807, 2.05) is 0 Å². The molecular weight excluding hydrogens is 584 g/mol. The summed E-state index contributed by atoms with van der Waals surface area (Å²) in [6.07, 6.45) is 2.85. The number of benzene rings is 3. The van der Waals surface area contributed by atoms with Gasteiger partial charge in [0.05, 0.1) is 24.2 Å². The molecule has 230 valence electrons. The van der Waals surface area contributed by atoms with E-state index in [0.29, 0.717) is 11.5 Å². The molecule has 0 heterocycles. The largest absolute Gasteiger partial charge is 0.493 e. The molecule has 0 aliphatic rings. The first kappa shape index (κ1) is 33.4. The van der Waals surface area contributed by atoms with Crippen LogP contribution in [0.1, 0.15) is 43.9 Å². The van der Waals surface area contributed by atoms with Crippen LogP contribution in [0, 0.1) is 0 Å². The molecule has 0 bridgehead atoms. The van der Waals surface area contributed by atoms with Gasteiger partial charge in [-0.3, -0.25) is 14.4 Å². The second kappa shape index (κ2) is 16.5. The van der Waals surface area contributed by atoms with Gasteiger partial charge in [-0.15, -0.1) is 0 Å². The number of carbonyl (C=O) groups is 6. The third kappa shape index (κ3) is 10.6. The van der Waals surface area contributed by atoms with Crippen LogP contribution < -0.4 is 18.9 Å². The van der Waals surface area contributed by atoms with Gasteiger partial charge in [-0.2, -0.15) is 0 Å². The van der Waals surface area contributed by atoms with Gasteiger partial charge in [-0.05, 0) is 72.8 Å². The zero-order valence-corrected chi connectivity index (χ0v) is 24.0. The fourth-order valence-electron chi connectivity index (χ4n) is 3.48. The molecule has 11 heteroatoms. The summed E-state index contributed by atoms with van der Waals surface area (Å²) in [5, 5.41) is 0. The SMILES string of the molecule is C=CC(=O)CCOc1ccc(C(=O)Oc2cc(OC(=O)c3ccc(OCOC(=O)C=C)cc3)cc(C(=O)CC(=O)C=C)c2)cc1. The topological polar surface area (TPSA) is 149 Å². The van der Waals surface area contributed by atoms with Crippen LogP contribution in [-0.4, -0.2) is 48.7 Å². The van der Waals surface area contributed by atoms with E-state index in [2.05, 4.69) is 19.7 Å². The lowest BCUT2D eigenvalue weighted by molar-refractivity contribution is -0.144. The number of rotatable bonds is 17. The molecule has 11 nitrogen and oxygen atoms in total. The minimum atomic E-state index is -0.811. The third-order valence-corrected chi connectivity index (χ3v) is 5.80. The first-order valence-corrected chi connectivity index (χ1v) is 13.3. The second-order valence-corrected chi connectivity index (χ2v) is 8.99. The maximum atomic E-state index is 12.9. The summed E-state index contributed by atoms with van der Waals surface area (Å²) in [5.74, 6) is -3.10. The molecule has 0 fully saturated rings. The van der Waals surface area contributed by atoms with Crippen molar-refractivity contribution in [2.45, 2.75) is 12.8 Å². The zero-order chi connectivity index (χ0) is 32.8. The first-order valence-electron chi connectivity index (χ1n) is 13.3. The van der Waals surface area contributed by atoms with Crippen LogP contribution in [0.15, 0.2) is 105 Å². The Hall–Kier alpha value is -6.10. The average Bonchev–Trinajstić information content (AvgIpc) is 3.04. The quantitative estimate of drug-likeness (QED) is 0.0504. The minimum Gasteiger partial charge on any atom is -0.493 e. The smallest absolute Gasteiger partial charge is 0.343 e. The van der Waals surface area contributed by atoms with Crippen molar-refractivity contribution < 1.29 is 52.5 Å². The predicted molar refractivity (Wildman–Crippen MR) is 160 cm³/mol. The molecule has 0 spiro atoms. The van der Waals surface area contributed by atoms with Gasteiger partial charge in [0.25, 0.3) is 0 Å². The highest BCUT2D eigenvalue weighted by Crippen LogP contribution is 2.26. The molecule has 0 unspecified atom stereocenters. The summed E-state index contributed by atoms with van der Waals surface area (Å²) in [5.41, 5.74) is 0.204. The number of Topliss-reactive ketones (excluding diaryl/α,β-unsaturated/α-hetero) is 1. The van der Waals surface area contributed by atoms with Crippen LogP contribution >= 0.6 is 0 Å². The van der Waals surface area contributed by atoms with Crippen molar-refractivity contribution in [1.29, 1.82) is 0 Å². The Morgan fingerprint density at radius 2 is 1.09 bits per heavy atom. The van der Waals surface area contributed by atoms with Crippen molar-refractivity contribution in [2.75, 3.05) is 13.4 Å². The molecular formula is C34H28O11. The molecule has 0 aromatic heterocycles. The van der Waals surface area contributed by atoms with Crippen LogP contribution in [0.25, 0.3) is 0 Å². The molecule has 0 saturated heterocycles. The third-order valence-electron chi connectivity index (χ3n) is 5.80. The Labute approximate surface area is 258 Å². The molecule has 3 aromatic rings. The van der Waals surface area contributed by atoms with Crippen LogP contribution in [-0.2, 0) is 19.1 Å². The van der Waals surface area contributed by atoms with E-state index >= 15 is 0 Å². The number of ether oxygens (including phenoxy) is 5. The maximum absolute atomic E-state index is 12.9. The number of esters is 3. The standard InChI is InChI=1S/C34H28O11/c1-4-25(35)15-16-41-27-11-7-22(8-12-27)33(39)44-29-17-24(31(37)19-26(36)5-2)18-30(20-29)45-34(40)23-9-13-28(14-10-23)42-21-43-32(38)6-3/h4-14,17-18,20H,1-3,15-16,19,21H2. The monoisotopic (exact) mass is 612 g/mol.